The third-order valence-corrected chi connectivity index (χ3v) is 4.88. The lowest BCUT2D eigenvalue weighted by atomic mass is 9.90. The summed E-state index contributed by atoms with van der Waals surface area (Å²) in [6.45, 7) is 11.9. The van der Waals surface area contributed by atoms with Gasteiger partial charge in [0.05, 0.1) is 5.57 Å². The Morgan fingerprint density at radius 1 is 1.41 bits per heavy atom. The van der Waals surface area contributed by atoms with Gasteiger partial charge < -0.3 is 4.74 Å². The Balaban J connectivity index is 1.91. The van der Waals surface area contributed by atoms with Gasteiger partial charge in [0, 0.05) is 11.1 Å². The van der Waals surface area contributed by atoms with Gasteiger partial charge in [-0.05, 0) is 61.6 Å². The van der Waals surface area contributed by atoms with E-state index in [1.807, 2.05) is 0 Å². The number of aryl methyl sites for hydroxylation is 1. The fourth-order valence-corrected chi connectivity index (χ4v) is 2.98. The maximum Gasteiger partial charge on any atom is 0.343 e. The van der Waals surface area contributed by atoms with Gasteiger partial charge in [-0.15, -0.1) is 5.73 Å². The molecule has 114 valence electrons. The summed E-state index contributed by atoms with van der Waals surface area (Å²) in [6, 6.07) is 4.30. The highest BCUT2D eigenvalue weighted by Crippen LogP contribution is 2.54. The van der Waals surface area contributed by atoms with Crippen LogP contribution in [0.1, 0.15) is 56.2 Å². The number of fused-ring (bicyclic) bond motifs is 1. The van der Waals surface area contributed by atoms with E-state index in [1.165, 1.54) is 16.7 Å². The van der Waals surface area contributed by atoms with Gasteiger partial charge in [0.1, 0.15) is 5.75 Å². The highest BCUT2D eigenvalue weighted by molar-refractivity contribution is 6.21. The first-order valence-electron chi connectivity index (χ1n) is 7.89. The van der Waals surface area contributed by atoms with E-state index in [1.54, 1.807) is 0 Å². The summed E-state index contributed by atoms with van der Waals surface area (Å²) in [5, 5.41) is 0. The zero-order valence-corrected chi connectivity index (χ0v) is 13.4. The van der Waals surface area contributed by atoms with Crippen molar-refractivity contribution in [2.45, 2.75) is 51.4 Å². The van der Waals surface area contributed by atoms with Crippen LogP contribution in [0, 0.1) is 0 Å². The molecule has 1 aliphatic carbocycles. The van der Waals surface area contributed by atoms with E-state index in [0.717, 1.165) is 43.4 Å². The average molecular weight is 294 g/mol. The van der Waals surface area contributed by atoms with E-state index in [4.69, 9.17) is 4.74 Å². The van der Waals surface area contributed by atoms with E-state index < -0.39 is 0 Å². The van der Waals surface area contributed by atoms with Crippen LogP contribution in [0.15, 0.2) is 36.6 Å². The van der Waals surface area contributed by atoms with E-state index in [9.17, 15) is 4.79 Å². The first-order valence-corrected chi connectivity index (χ1v) is 7.89. The number of benzene rings is 1. The highest BCUT2D eigenvalue weighted by atomic mass is 16.5. The number of allylic oxidation sites excluding steroid dienone is 1. The molecule has 0 unspecified atom stereocenters. The Morgan fingerprint density at radius 3 is 2.77 bits per heavy atom. The fourth-order valence-electron chi connectivity index (χ4n) is 2.98. The van der Waals surface area contributed by atoms with Crippen molar-refractivity contribution < 1.29 is 9.53 Å². The Hall–Kier alpha value is -2.05. The average Bonchev–Trinajstić information content (AvgIpc) is 3.19. The standard InChI is InChI=1S/C20H22O2/c1-5-13(2)7-6-8-15-11-16-14(3)19(21)22-18(16)17(12-15)20(4)9-10-20/h11-12H,1,3,6-10H2,2,4H3. The van der Waals surface area contributed by atoms with Crippen molar-refractivity contribution in [1.82, 2.24) is 0 Å². The van der Waals surface area contributed by atoms with Gasteiger partial charge in [0.15, 0.2) is 0 Å². The van der Waals surface area contributed by atoms with Gasteiger partial charge in [0.2, 0.25) is 0 Å². The lowest BCUT2D eigenvalue weighted by molar-refractivity contribution is -0.127. The second-order valence-corrected chi connectivity index (χ2v) is 6.76. The lowest BCUT2D eigenvalue weighted by Gasteiger charge is -2.15. The second-order valence-electron chi connectivity index (χ2n) is 6.76. The molecule has 2 aliphatic rings. The number of carbonyl (C=O) groups is 1. The van der Waals surface area contributed by atoms with Gasteiger partial charge in [-0.25, -0.2) is 4.79 Å². The summed E-state index contributed by atoms with van der Waals surface area (Å²) in [7, 11) is 0. The van der Waals surface area contributed by atoms with Gasteiger partial charge in [-0.2, -0.15) is 0 Å². The molecule has 2 nitrogen and oxygen atoms in total. The normalized spacial score (nSPS) is 17.7. The largest absolute Gasteiger partial charge is 0.422 e. The van der Waals surface area contributed by atoms with E-state index >= 15 is 0 Å². The number of hydrogen-bond donors (Lipinski definition) is 0. The van der Waals surface area contributed by atoms with Gasteiger partial charge in [-0.3, -0.25) is 0 Å². The van der Waals surface area contributed by atoms with Crippen LogP contribution in [0.25, 0.3) is 5.57 Å². The molecule has 1 heterocycles. The number of hydrogen-bond acceptors (Lipinski definition) is 2. The summed E-state index contributed by atoms with van der Waals surface area (Å²) in [4.78, 5) is 11.8. The molecule has 1 aliphatic heterocycles. The van der Waals surface area contributed by atoms with Crippen LogP contribution >= 0.6 is 0 Å². The maximum absolute atomic E-state index is 11.8. The molecule has 3 rings (SSSR count). The summed E-state index contributed by atoms with van der Waals surface area (Å²) >= 11 is 0. The van der Waals surface area contributed by atoms with Crippen LogP contribution in [-0.4, -0.2) is 5.97 Å². The summed E-state index contributed by atoms with van der Waals surface area (Å²) < 4.78 is 5.47. The molecule has 1 aromatic carbocycles. The Kier molecular flexibility index (Phi) is 3.58. The SMILES string of the molecule is C=C=C(C)CCCc1cc2c(c(C3(C)CC3)c1)OC(=O)C2=C. The third kappa shape index (κ3) is 2.55. The molecule has 0 amide bonds. The predicted octanol–water partition coefficient (Wildman–Crippen LogP) is 4.72. The molecule has 0 saturated heterocycles. The van der Waals surface area contributed by atoms with Crippen LogP contribution in [0.4, 0.5) is 0 Å². The molecular formula is C20H22O2. The van der Waals surface area contributed by atoms with Crippen LogP contribution < -0.4 is 4.74 Å². The maximum atomic E-state index is 11.8. The zero-order chi connectivity index (χ0) is 15.9. The lowest BCUT2D eigenvalue weighted by Crippen LogP contribution is -2.06. The number of rotatable bonds is 5. The van der Waals surface area contributed by atoms with Crippen molar-refractivity contribution in [1.29, 1.82) is 0 Å². The van der Waals surface area contributed by atoms with Crippen molar-refractivity contribution in [3.8, 4) is 5.75 Å². The van der Waals surface area contributed by atoms with Crippen LogP contribution in [0.2, 0.25) is 0 Å². The Labute approximate surface area is 132 Å². The van der Waals surface area contributed by atoms with Crippen LogP contribution in [-0.2, 0) is 16.6 Å². The monoisotopic (exact) mass is 294 g/mol. The molecule has 0 bridgehead atoms. The van der Waals surface area contributed by atoms with Crippen molar-refractivity contribution in [2.75, 3.05) is 0 Å². The van der Waals surface area contributed by atoms with Gasteiger partial charge in [-0.1, -0.05) is 26.1 Å². The second kappa shape index (κ2) is 5.30. The molecule has 1 aromatic rings. The van der Waals surface area contributed by atoms with Crippen molar-refractivity contribution in [3.63, 3.8) is 0 Å². The van der Waals surface area contributed by atoms with Crippen molar-refractivity contribution >= 4 is 11.5 Å². The van der Waals surface area contributed by atoms with Crippen LogP contribution in [0.3, 0.4) is 0 Å². The quantitative estimate of drug-likeness (QED) is 0.340. The first-order chi connectivity index (χ1) is 10.4. The molecule has 22 heavy (non-hydrogen) atoms. The van der Waals surface area contributed by atoms with Gasteiger partial charge >= 0.3 is 5.97 Å². The first kappa shape index (κ1) is 14.9. The van der Waals surface area contributed by atoms with Gasteiger partial charge in [0.25, 0.3) is 0 Å². The molecule has 1 fully saturated rings. The molecule has 1 saturated carbocycles. The molecule has 0 aromatic heterocycles. The zero-order valence-electron chi connectivity index (χ0n) is 13.4. The van der Waals surface area contributed by atoms with E-state index in [2.05, 4.69) is 44.9 Å². The minimum absolute atomic E-state index is 0.169. The molecular weight excluding hydrogens is 272 g/mol. The predicted molar refractivity (Wildman–Crippen MR) is 89.0 cm³/mol. The summed E-state index contributed by atoms with van der Waals surface area (Å²) in [6.07, 6.45) is 5.36. The highest BCUT2D eigenvalue weighted by Gasteiger charge is 2.44. The molecule has 0 radical (unpaired) electrons. The van der Waals surface area contributed by atoms with Crippen molar-refractivity contribution in [3.05, 3.63) is 53.3 Å². The van der Waals surface area contributed by atoms with Crippen molar-refractivity contribution in [2.24, 2.45) is 0 Å². The van der Waals surface area contributed by atoms with Crippen LogP contribution in [0.5, 0.6) is 5.75 Å². The Bertz CT molecular complexity index is 713. The van der Waals surface area contributed by atoms with E-state index in [0.29, 0.717) is 5.57 Å². The molecule has 0 atom stereocenters. The van der Waals surface area contributed by atoms with E-state index in [-0.39, 0.29) is 11.4 Å². The molecule has 0 N–H and O–H groups in total. The summed E-state index contributed by atoms with van der Waals surface area (Å²) in [5.74, 6) is 0.448. The topological polar surface area (TPSA) is 26.3 Å². The smallest absolute Gasteiger partial charge is 0.343 e. The number of carbonyl (C=O) groups excluding carboxylic acids is 1. The molecule has 0 spiro atoms. The number of ether oxygens (including phenoxy) is 1. The minimum Gasteiger partial charge on any atom is -0.422 e. The third-order valence-electron chi connectivity index (χ3n) is 4.88. The number of esters is 1. The summed E-state index contributed by atoms with van der Waals surface area (Å²) in [5.41, 5.74) is 8.13. The minimum atomic E-state index is -0.303. The molecule has 2 heteroatoms. The Morgan fingerprint density at radius 2 is 2.14 bits per heavy atom. The fraction of sp³-hybridized carbons (Fsp3) is 0.400.